The fraction of sp³-hybridized carbons (Fsp3) is 0.333. The second kappa shape index (κ2) is 6.17. The summed E-state index contributed by atoms with van der Waals surface area (Å²) in [6.45, 7) is 1.14. The highest BCUT2D eigenvalue weighted by molar-refractivity contribution is 5.21. The van der Waals surface area contributed by atoms with E-state index in [2.05, 4.69) is 4.98 Å². The van der Waals surface area contributed by atoms with Crippen LogP contribution < -0.4 is 11.2 Å². The first-order valence-electron chi connectivity index (χ1n) is 5.86. The van der Waals surface area contributed by atoms with Crippen LogP contribution in [0.25, 0.3) is 0 Å². The molecule has 1 aromatic heterocycles. The number of aliphatic hydroxyl groups is 1. The molecule has 2 N–H and O–H groups in total. The average molecular weight is 265 g/mol. The van der Waals surface area contributed by atoms with Crippen molar-refractivity contribution < 1.29 is 9.94 Å². The number of aliphatic hydroxyl groups excluding tert-OH is 1. The standard InChI is InChI=1S/C12H15N3O4/c16-7-8-19-15-5-1-10(2-6-15)9-14-4-3-11(17)13-12(14)18/h1-5,16H,6-9H2,(H,13,17,18). The highest BCUT2D eigenvalue weighted by Gasteiger charge is 2.06. The van der Waals surface area contributed by atoms with Gasteiger partial charge < -0.3 is 5.11 Å². The quantitative estimate of drug-likeness (QED) is 0.729. The Morgan fingerprint density at radius 3 is 2.89 bits per heavy atom. The van der Waals surface area contributed by atoms with Gasteiger partial charge in [0.2, 0.25) is 0 Å². The van der Waals surface area contributed by atoms with Gasteiger partial charge in [0.05, 0.1) is 26.3 Å². The van der Waals surface area contributed by atoms with E-state index in [9.17, 15) is 9.59 Å². The maximum absolute atomic E-state index is 11.5. The van der Waals surface area contributed by atoms with Crippen molar-refractivity contribution in [1.29, 1.82) is 0 Å². The summed E-state index contributed by atoms with van der Waals surface area (Å²) in [6, 6.07) is 1.31. The second-order valence-corrected chi connectivity index (χ2v) is 3.99. The van der Waals surface area contributed by atoms with Crippen molar-refractivity contribution in [2.24, 2.45) is 0 Å². The molecule has 0 bridgehead atoms. The van der Waals surface area contributed by atoms with Crippen molar-refractivity contribution in [2.75, 3.05) is 19.8 Å². The van der Waals surface area contributed by atoms with Gasteiger partial charge in [0, 0.05) is 18.5 Å². The second-order valence-electron chi connectivity index (χ2n) is 3.99. The van der Waals surface area contributed by atoms with Gasteiger partial charge in [-0.3, -0.25) is 24.2 Å². The van der Waals surface area contributed by atoms with Crippen LogP contribution >= 0.6 is 0 Å². The van der Waals surface area contributed by atoms with Gasteiger partial charge in [-0.15, -0.1) is 0 Å². The van der Waals surface area contributed by atoms with Crippen LogP contribution in [0.5, 0.6) is 0 Å². The van der Waals surface area contributed by atoms with Crippen LogP contribution in [0.15, 0.2) is 45.8 Å². The van der Waals surface area contributed by atoms with Crippen LogP contribution in [0.2, 0.25) is 0 Å². The monoisotopic (exact) mass is 265 g/mol. The van der Waals surface area contributed by atoms with E-state index in [1.165, 1.54) is 16.8 Å². The van der Waals surface area contributed by atoms with E-state index in [4.69, 9.17) is 9.94 Å². The van der Waals surface area contributed by atoms with Gasteiger partial charge in [-0.05, 0) is 11.6 Å². The summed E-state index contributed by atoms with van der Waals surface area (Å²) in [4.78, 5) is 29.9. The minimum Gasteiger partial charge on any atom is -0.394 e. The van der Waals surface area contributed by atoms with Gasteiger partial charge in [0.1, 0.15) is 0 Å². The Labute approximate surface area is 109 Å². The molecule has 1 aliphatic rings. The molecule has 0 fully saturated rings. The third-order valence-electron chi connectivity index (χ3n) is 2.59. The van der Waals surface area contributed by atoms with Gasteiger partial charge in [0.15, 0.2) is 0 Å². The summed E-state index contributed by atoms with van der Waals surface area (Å²) in [5.41, 5.74) is 0.108. The van der Waals surface area contributed by atoms with Crippen LogP contribution in [0, 0.1) is 0 Å². The average Bonchev–Trinajstić information content (AvgIpc) is 2.41. The molecule has 0 radical (unpaired) electrons. The summed E-state index contributed by atoms with van der Waals surface area (Å²) in [7, 11) is 0. The first-order chi connectivity index (χ1) is 9.19. The number of hydrogen-bond donors (Lipinski definition) is 2. The van der Waals surface area contributed by atoms with Crippen LogP contribution in [0.1, 0.15) is 0 Å². The fourth-order valence-corrected chi connectivity index (χ4v) is 1.65. The summed E-state index contributed by atoms with van der Waals surface area (Å²) < 4.78 is 1.42. The SMILES string of the molecule is O=c1ccn(CC2=CCN(OCCO)C=C2)c(=O)[nH]1. The van der Waals surface area contributed by atoms with Crippen molar-refractivity contribution in [3.8, 4) is 0 Å². The van der Waals surface area contributed by atoms with Gasteiger partial charge in [0.25, 0.3) is 5.56 Å². The van der Waals surface area contributed by atoms with Crippen molar-refractivity contribution >= 4 is 0 Å². The molecule has 0 aliphatic carbocycles. The maximum atomic E-state index is 11.5. The molecule has 19 heavy (non-hydrogen) atoms. The molecule has 7 nitrogen and oxygen atoms in total. The van der Waals surface area contributed by atoms with E-state index >= 15 is 0 Å². The molecule has 7 heteroatoms. The normalized spacial score (nSPS) is 14.6. The van der Waals surface area contributed by atoms with Crippen molar-refractivity contribution in [1.82, 2.24) is 14.6 Å². The molecular formula is C12H15N3O4. The summed E-state index contributed by atoms with van der Waals surface area (Å²) in [6.07, 6.45) is 6.93. The molecule has 2 heterocycles. The Balaban J connectivity index is 1.98. The van der Waals surface area contributed by atoms with Gasteiger partial charge in [-0.1, -0.05) is 6.08 Å². The number of aromatic nitrogens is 2. The van der Waals surface area contributed by atoms with Crippen LogP contribution in [0.3, 0.4) is 0 Å². The molecule has 2 rings (SSSR count). The van der Waals surface area contributed by atoms with Crippen LogP contribution in [-0.4, -0.2) is 39.5 Å². The number of rotatable bonds is 5. The highest BCUT2D eigenvalue weighted by Crippen LogP contribution is 2.08. The molecule has 102 valence electrons. The first-order valence-corrected chi connectivity index (χ1v) is 5.86. The van der Waals surface area contributed by atoms with Gasteiger partial charge >= 0.3 is 5.69 Å². The molecule has 0 saturated heterocycles. The third-order valence-corrected chi connectivity index (χ3v) is 2.59. The number of aromatic amines is 1. The lowest BCUT2D eigenvalue weighted by molar-refractivity contribution is -0.122. The molecule has 0 amide bonds. The summed E-state index contributed by atoms with van der Waals surface area (Å²) in [5, 5.41) is 10.2. The molecule has 0 atom stereocenters. The first kappa shape index (κ1) is 13.3. The van der Waals surface area contributed by atoms with Crippen molar-refractivity contribution in [3.63, 3.8) is 0 Å². The molecule has 1 aliphatic heterocycles. The van der Waals surface area contributed by atoms with Gasteiger partial charge in [-0.2, -0.15) is 0 Å². The summed E-state index contributed by atoms with van der Waals surface area (Å²) in [5.74, 6) is 0. The third kappa shape index (κ3) is 3.67. The number of nitrogens with one attached hydrogen (secondary N) is 1. The highest BCUT2D eigenvalue weighted by atomic mass is 16.7. The lowest BCUT2D eigenvalue weighted by atomic mass is 10.2. The zero-order valence-electron chi connectivity index (χ0n) is 10.3. The lowest BCUT2D eigenvalue weighted by Gasteiger charge is -2.21. The number of H-pyrrole nitrogens is 1. The summed E-state index contributed by atoms with van der Waals surface area (Å²) >= 11 is 0. The number of allylic oxidation sites excluding steroid dienone is 2. The molecule has 0 spiro atoms. The van der Waals surface area contributed by atoms with E-state index in [1.54, 1.807) is 11.3 Å². The van der Waals surface area contributed by atoms with Crippen molar-refractivity contribution in [3.05, 3.63) is 57.0 Å². The van der Waals surface area contributed by atoms with E-state index < -0.39 is 11.2 Å². The largest absolute Gasteiger partial charge is 0.394 e. The fourth-order valence-electron chi connectivity index (χ4n) is 1.65. The minimum atomic E-state index is -0.430. The predicted molar refractivity (Wildman–Crippen MR) is 68.3 cm³/mol. The Morgan fingerprint density at radius 1 is 1.42 bits per heavy atom. The molecule has 0 saturated carbocycles. The molecule has 0 aromatic carbocycles. The zero-order valence-corrected chi connectivity index (χ0v) is 10.3. The minimum absolute atomic E-state index is 0.0340. The maximum Gasteiger partial charge on any atom is 0.328 e. The number of nitrogens with zero attached hydrogens (tertiary/aromatic N) is 2. The van der Waals surface area contributed by atoms with E-state index in [0.29, 0.717) is 13.1 Å². The number of hydroxylamine groups is 2. The Kier molecular flexibility index (Phi) is 4.32. The lowest BCUT2D eigenvalue weighted by Crippen LogP contribution is -2.29. The number of hydrogen-bond acceptors (Lipinski definition) is 5. The predicted octanol–water partition coefficient (Wildman–Crippen LogP) is -0.784. The molecule has 1 aromatic rings. The van der Waals surface area contributed by atoms with E-state index in [1.807, 2.05) is 12.2 Å². The zero-order chi connectivity index (χ0) is 13.7. The molecular weight excluding hydrogens is 250 g/mol. The van der Waals surface area contributed by atoms with Crippen molar-refractivity contribution in [2.45, 2.75) is 6.54 Å². The Morgan fingerprint density at radius 2 is 2.26 bits per heavy atom. The van der Waals surface area contributed by atoms with E-state index in [0.717, 1.165) is 5.57 Å². The Hall–Kier alpha value is -2.12. The van der Waals surface area contributed by atoms with E-state index in [-0.39, 0.29) is 13.2 Å². The van der Waals surface area contributed by atoms with Crippen LogP contribution in [-0.2, 0) is 11.4 Å². The topological polar surface area (TPSA) is 87.6 Å². The van der Waals surface area contributed by atoms with Crippen LogP contribution in [0.4, 0.5) is 0 Å². The smallest absolute Gasteiger partial charge is 0.328 e. The van der Waals surface area contributed by atoms with Gasteiger partial charge in [-0.25, -0.2) is 4.79 Å². The Bertz CT molecular complexity index is 599. The molecule has 0 unspecified atom stereocenters.